The Bertz CT molecular complexity index is 1300. The van der Waals surface area contributed by atoms with Gasteiger partial charge in [-0.1, -0.05) is 43.7 Å². The van der Waals surface area contributed by atoms with Crippen LogP contribution in [-0.4, -0.2) is 41.7 Å². The topological polar surface area (TPSA) is 84.9 Å². The smallest absolute Gasteiger partial charge is 0.294 e. The first-order chi connectivity index (χ1) is 17.5. The average Bonchev–Trinajstić information content (AvgIpc) is 3.14. The van der Waals surface area contributed by atoms with Gasteiger partial charge in [0, 0.05) is 11.3 Å². The molecule has 3 amide bonds. The Kier molecular flexibility index (Phi) is 8.28. The van der Waals surface area contributed by atoms with E-state index in [9.17, 15) is 14.4 Å². The number of hydrogen-bond donors (Lipinski definition) is 1. The fourth-order valence-electron chi connectivity index (χ4n) is 3.79. The van der Waals surface area contributed by atoms with Crippen LogP contribution in [0, 0.1) is 0 Å². The fourth-order valence-corrected chi connectivity index (χ4v) is 4.61. The standard InChI is InChI=1S/C28H28N2O5S/c1-3-5-16-35-24-15-10-19-8-6-7-9-22(19)23(24)17-25-27(32)30(28(33)36-25)18-26(31)29-20-11-13-21(14-12-20)34-4-2/h6-15,17H,3-5,16,18H2,1-2H3,(H,29,31)/b25-17-. The van der Waals surface area contributed by atoms with Gasteiger partial charge in [0.05, 0.1) is 18.1 Å². The first-order valence-electron chi connectivity index (χ1n) is 11.9. The van der Waals surface area contributed by atoms with E-state index in [1.54, 1.807) is 30.3 Å². The van der Waals surface area contributed by atoms with Crippen LogP contribution in [0.3, 0.4) is 0 Å². The lowest BCUT2D eigenvalue weighted by Gasteiger charge is -2.13. The number of benzene rings is 3. The maximum Gasteiger partial charge on any atom is 0.294 e. The van der Waals surface area contributed by atoms with Crippen LogP contribution in [0.2, 0.25) is 0 Å². The van der Waals surface area contributed by atoms with E-state index in [1.165, 1.54) is 0 Å². The summed E-state index contributed by atoms with van der Waals surface area (Å²) in [6.07, 6.45) is 3.60. The summed E-state index contributed by atoms with van der Waals surface area (Å²) in [5, 5.41) is 4.16. The van der Waals surface area contributed by atoms with Crippen molar-refractivity contribution in [3.05, 3.63) is 71.1 Å². The highest BCUT2D eigenvalue weighted by atomic mass is 32.2. The Labute approximate surface area is 214 Å². The SMILES string of the molecule is CCCCOc1ccc2ccccc2c1/C=C1\SC(=O)N(CC(=O)Nc2ccc(OCC)cc2)C1=O. The summed E-state index contributed by atoms with van der Waals surface area (Å²) in [5.41, 5.74) is 1.30. The van der Waals surface area contributed by atoms with Gasteiger partial charge in [0.15, 0.2) is 0 Å². The summed E-state index contributed by atoms with van der Waals surface area (Å²) in [6.45, 7) is 4.71. The molecule has 0 spiro atoms. The second-order valence-corrected chi connectivity index (χ2v) is 9.17. The number of amides is 3. The predicted octanol–water partition coefficient (Wildman–Crippen LogP) is 6.09. The summed E-state index contributed by atoms with van der Waals surface area (Å²) in [5.74, 6) is 0.385. The van der Waals surface area contributed by atoms with Crippen molar-refractivity contribution in [1.82, 2.24) is 4.90 Å². The lowest BCUT2D eigenvalue weighted by Crippen LogP contribution is -2.36. The van der Waals surface area contributed by atoms with Crippen LogP contribution in [0.5, 0.6) is 11.5 Å². The lowest BCUT2D eigenvalue weighted by atomic mass is 10.0. The number of unbranched alkanes of at least 4 members (excludes halogenated alkanes) is 1. The average molecular weight is 505 g/mol. The summed E-state index contributed by atoms with van der Waals surface area (Å²) in [6, 6.07) is 18.6. The first kappa shape index (κ1) is 25.3. The van der Waals surface area contributed by atoms with E-state index in [4.69, 9.17) is 9.47 Å². The van der Waals surface area contributed by atoms with Gasteiger partial charge in [0.1, 0.15) is 18.0 Å². The van der Waals surface area contributed by atoms with Gasteiger partial charge < -0.3 is 14.8 Å². The minimum atomic E-state index is -0.501. The molecule has 0 aromatic heterocycles. The van der Waals surface area contributed by atoms with E-state index >= 15 is 0 Å². The number of anilines is 1. The van der Waals surface area contributed by atoms with Gasteiger partial charge in [0.2, 0.25) is 5.91 Å². The summed E-state index contributed by atoms with van der Waals surface area (Å²) in [4.78, 5) is 39.6. The van der Waals surface area contributed by atoms with E-state index in [0.717, 1.165) is 45.8 Å². The molecule has 1 heterocycles. The van der Waals surface area contributed by atoms with Gasteiger partial charge in [-0.25, -0.2) is 0 Å². The zero-order valence-corrected chi connectivity index (χ0v) is 21.1. The second kappa shape index (κ2) is 11.8. The number of imide groups is 1. The molecule has 0 atom stereocenters. The van der Waals surface area contributed by atoms with Crippen LogP contribution in [0.25, 0.3) is 16.8 Å². The molecular weight excluding hydrogens is 476 g/mol. The van der Waals surface area contributed by atoms with Crippen LogP contribution in [0.4, 0.5) is 10.5 Å². The molecule has 1 fully saturated rings. The van der Waals surface area contributed by atoms with Crippen LogP contribution in [0.15, 0.2) is 65.6 Å². The lowest BCUT2D eigenvalue weighted by molar-refractivity contribution is -0.127. The monoisotopic (exact) mass is 504 g/mol. The molecule has 4 rings (SSSR count). The molecule has 3 aromatic carbocycles. The minimum absolute atomic E-state index is 0.255. The quantitative estimate of drug-likeness (QED) is 0.266. The molecule has 1 N–H and O–H groups in total. The molecule has 7 nitrogen and oxygen atoms in total. The van der Waals surface area contributed by atoms with Crippen molar-refractivity contribution in [1.29, 1.82) is 0 Å². The van der Waals surface area contributed by atoms with Gasteiger partial charge in [-0.2, -0.15) is 0 Å². The molecule has 1 aliphatic heterocycles. The molecule has 0 aliphatic carbocycles. The number of rotatable bonds is 10. The highest BCUT2D eigenvalue weighted by Crippen LogP contribution is 2.37. The van der Waals surface area contributed by atoms with Crippen molar-refractivity contribution in [2.75, 3.05) is 25.1 Å². The van der Waals surface area contributed by atoms with E-state index in [-0.39, 0.29) is 11.4 Å². The van der Waals surface area contributed by atoms with Crippen molar-refractivity contribution in [3.8, 4) is 11.5 Å². The Balaban J connectivity index is 1.52. The van der Waals surface area contributed by atoms with Gasteiger partial charge in [-0.15, -0.1) is 0 Å². The Hall–Kier alpha value is -3.78. The Morgan fingerprint density at radius 3 is 2.53 bits per heavy atom. The van der Waals surface area contributed by atoms with Crippen LogP contribution in [0.1, 0.15) is 32.3 Å². The van der Waals surface area contributed by atoms with Gasteiger partial charge in [-0.05, 0) is 72.3 Å². The molecule has 0 bridgehead atoms. The number of ether oxygens (including phenoxy) is 2. The van der Waals surface area contributed by atoms with E-state index in [1.807, 2.05) is 43.3 Å². The van der Waals surface area contributed by atoms with Crippen molar-refractivity contribution >= 4 is 51.4 Å². The minimum Gasteiger partial charge on any atom is -0.494 e. The molecule has 0 unspecified atom stereocenters. The van der Waals surface area contributed by atoms with Crippen molar-refractivity contribution in [2.24, 2.45) is 0 Å². The van der Waals surface area contributed by atoms with Gasteiger partial charge in [-0.3, -0.25) is 19.3 Å². The molecule has 36 heavy (non-hydrogen) atoms. The number of carbonyl (C=O) groups excluding carboxylic acids is 3. The third-order valence-electron chi connectivity index (χ3n) is 5.59. The van der Waals surface area contributed by atoms with Gasteiger partial charge >= 0.3 is 0 Å². The van der Waals surface area contributed by atoms with E-state index in [0.29, 0.717) is 30.4 Å². The highest BCUT2D eigenvalue weighted by Gasteiger charge is 2.36. The fraction of sp³-hybridized carbons (Fsp3) is 0.250. The molecular formula is C28H28N2O5S. The third kappa shape index (κ3) is 5.88. The van der Waals surface area contributed by atoms with Crippen LogP contribution in [-0.2, 0) is 9.59 Å². The number of carbonyl (C=O) groups is 3. The first-order valence-corrected chi connectivity index (χ1v) is 12.7. The number of nitrogens with one attached hydrogen (secondary N) is 1. The normalized spacial score (nSPS) is 14.5. The predicted molar refractivity (Wildman–Crippen MR) is 143 cm³/mol. The molecule has 0 radical (unpaired) electrons. The van der Waals surface area contributed by atoms with E-state index < -0.39 is 17.1 Å². The number of fused-ring (bicyclic) bond motifs is 1. The molecule has 0 saturated carbocycles. The van der Waals surface area contributed by atoms with Crippen molar-refractivity contribution in [3.63, 3.8) is 0 Å². The summed E-state index contributed by atoms with van der Waals surface area (Å²) in [7, 11) is 0. The third-order valence-corrected chi connectivity index (χ3v) is 6.49. The van der Waals surface area contributed by atoms with Crippen LogP contribution < -0.4 is 14.8 Å². The number of thioether (sulfide) groups is 1. The second-order valence-electron chi connectivity index (χ2n) is 8.17. The Morgan fingerprint density at radius 2 is 1.78 bits per heavy atom. The maximum atomic E-state index is 13.1. The molecule has 1 aliphatic rings. The summed E-state index contributed by atoms with van der Waals surface area (Å²) >= 11 is 0.824. The van der Waals surface area contributed by atoms with E-state index in [2.05, 4.69) is 12.2 Å². The van der Waals surface area contributed by atoms with Crippen molar-refractivity contribution < 1.29 is 23.9 Å². The molecule has 186 valence electrons. The van der Waals surface area contributed by atoms with Gasteiger partial charge in [0.25, 0.3) is 11.1 Å². The number of hydrogen-bond acceptors (Lipinski definition) is 6. The molecule has 3 aromatic rings. The van der Waals surface area contributed by atoms with Crippen LogP contribution >= 0.6 is 11.8 Å². The largest absolute Gasteiger partial charge is 0.494 e. The number of nitrogens with zero attached hydrogens (tertiary/aromatic N) is 1. The highest BCUT2D eigenvalue weighted by molar-refractivity contribution is 8.18. The zero-order chi connectivity index (χ0) is 25.5. The maximum absolute atomic E-state index is 13.1. The molecule has 1 saturated heterocycles. The van der Waals surface area contributed by atoms with Crippen molar-refractivity contribution in [2.45, 2.75) is 26.7 Å². The Morgan fingerprint density at radius 1 is 1.00 bits per heavy atom. The zero-order valence-electron chi connectivity index (χ0n) is 20.3. The summed E-state index contributed by atoms with van der Waals surface area (Å²) < 4.78 is 11.4. The molecule has 8 heteroatoms.